The van der Waals surface area contributed by atoms with Gasteiger partial charge in [0.15, 0.2) is 0 Å². The molecule has 0 amide bonds. The molecule has 6 heteroatoms. The minimum atomic E-state index is -3.05. The van der Waals surface area contributed by atoms with Crippen molar-refractivity contribution >= 4 is 0 Å². The number of aromatic nitrogens is 2. The van der Waals surface area contributed by atoms with Crippen molar-refractivity contribution in [3.63, 3.8) is 0 Å². The van der Waals surface area contributed by atoms with E-state index in [0.717, 1.165) is 4.68 Å². The first-order valence-corrected chi connectivity index (χ1v) is 6.01. The Kier molecular flexibility index (Phi) is 3.15. The second-order valence-electron chi connectivity index (χ2n) is 5.33. The van der Waals surface area contributed by atoms with Crippen molar-refractivity contribution < 1.29 is 17.6 Å². The monoisotopic (exact) mass is 264 g/mol. The second kappa shape index (κ2) is 4.24. The number of hydrogen-bond acceptors (Lipinski definition) is 1. The standard InChI is InChI=1S/C12H16F4N2/c1-6(2)5-18-10-8(9(17-18)11(13)14)7(3)4-12(10,15)16/h6-7,11H,4-5H2,1-3H3/t7-/m0/s1. The average molecular weight is 264 g/mol. The maximum Gasteiger partial charge on any atom is 0.290 e. The highest BCUT2D eigenvalue weighted by Gasteiger charge is 2.49. The molecule has 0 radical (unpaired) electrons. The highest BCUT2D eigenvalue weighted by Crippen LogP contribution is 2.50. The Hall–Kier alpha value is -1.07. The van der Waals surface area contributed by atoms with Crippen molar-refractivity contribution in [1.29, 1.82) is 0 Å². The average Bonchev–Trinajstić information content (AvgIpc) is 2.65. The summed E-state index contributed by atoms with van der Waals surface area (Å²) in [5.41, 5.74) is -0.732. The summed E-state index contributed by atoms with van der Waals surface area (Å²) in [5.74, 6) is -3.55. The fraction of sp³-hybridized carbons (Fsp3) is 0.750. The molecule has 102 valence electrons. The van der Waals surface area contributed by atoms with Crippen LogP contribution in [0.5, 0.6) is 0 Å². The Balaban J connectivity index is 2.57. The lowest BCUT2D eigenvalue weighted by molar-refractivity contribution is -0.0152. The van der Waals surface area contributed by atoms with Gasteiger partial charge in [0.25, 0.3) is 12.3 Å². The smallest absolute Gasteiger partial charge is 0.262 e. The maximum absolute atomic E-state index is 13.9. The molecule has 0 N–H and O–H groups in total. The Labute approximate surface area is 103 Å². The second-order valence-corrected chi connectivity index (χ2v) is 5.33. The van der Waals surface area contributed by atoms with E-state index < -0.39 is 30.4 Å². The van der Waals surface area contributed by atoms with Crippen LogP contribution in [0.2, 0.25) is 0 Å². The summed E-state index contributed by atoms with van der Waals surface area (Å²) in [4.78, 5) is 0. The number of alkyl halides is 4. The summed E-state index contributed by atoms with van der Waals surface area (Å²) in [7, 11) is 0. The lowest BCUT2D eigenvalue weighted by Crippen LogP contribution is -2.18. The molecule has 1 aliphatic rings. The molecule has 0 saturated carbocycles. The zero-order valence-corrected chi connectivity index (χ0v) is 10.6. The van der Waals surface area contributed by atoms with Gasteiger partial charge in [0.05, 0.1) is 0 Å². The highest BCUT2D eigenvalue weighted by molar-refractivity contribution is 5.38. The molecule has 0 aliphatic heterocycles. The Morgan fingerprint density at radius 1 is 1.39 bits per heavy atom. The molecule has 18 heavy (non-hydrogen) atoms. The lowest BCUT2D eigenvalue weighted by atomic mass is 10.0. The van der Waals surface area contributed by atoms with Gasteiger partial charge in [0, 0.05) is 18.5 Å². The van der Waals surface area contributed by atoms with E-state index in [0.29, 0.717) is 0 Å². The van der Waals surface area contributed by atoms with Gasteiger partial charge in [-0.05, 0) is 11.8 Å². The van der Waals surface area contributed by atoms with Crippen molar-refractivity contribution in [1.82, 2.24) is 9.78 Å². The predicted octanol–water partition coefficient (Wildman–Crippen LogP) is 4.08. The topological polar surface area (TPSA) is 17.8 Å². The molecular formula is C12H16F4N2. The lowest BCUT2D eigenvalue weighted by Gasteiger charge is -2.14. The SMILES string of the molecule is CC(C)Cn1nc(C(F)F)c2c1C(F)(F)C[C@@H]2C. The quantitative estimate of drug-likeness (QED) is 0.752. The summed E-state index contributed by atoms with van der Waals surface area (Å²) in [6.07, 6.45) is -3.21. The van der Waals surface area contributed by atoms with Crippen LogP contribution in [0, 0.1) is 5.92 Å². The van der Waals surface area contributed by atoms with Crippen LogP contribution in [0.4, 0.5) is 17.6 Å². The highest BCUT2D eigenvalue weighted by atomic mass is 19.3. The summed E-state index contributed by atoms with van der Waals surface area (Å²) < 4.78 is 54.6. The van der Waals surface area contributed by atoms with Gasteiger partial charge in [-0.1, -0.05) is 20.8 Å². The van der Waals surface area contributed by atoms with Gasteiger partial charge in [-0.25, -0.2) is 8.78 Å². The molecule has 1 atom stereocenters. The zero-order valence-electron chi connectivity index (χ0n) is 10.6. The van der Waals surface area contributed by atoms with Crippen LogP contribution < -0.4 is 0 Å². The molecule has 0 spiro atoms. The van der Waals surface area contributed by atoms with Crippen molar-refractivity contribution in [3.05, 3.63) is 17.0 Å². The van der Waals surface area contributed by atoms with E-state index in [1.54, 1.807) is 6.92 Å². The molecule has 1 aromatic rings. The van der Waals surface area contributed by atoms with Crippen LogP contribution in [0.1, 0.15) is 56.5 Å². The maximum atomic E-state index is 13.9. The molecule has 2 nitrogen and oxygen atoms in total. The normalized spacial score (nSPS) is 21.9. The molecule has 2 rings (SSSR count). The van der Waals surface area contributed by atoms with Crippen LogP contribution in [-0.4, -0.2) is 9.78 Å². The van der Waals surface area contributed by atoms with Gasteiger partial charge >= 0.3 is 0 Å². The van der Waals surface area contributed by atoms with E-state index >= 15 is 0 Å². The Morgan fingerprint density at radius 2 is 2.00 bits per heavy atom. The first kappa shape index (κ1) is 13.4. The first-order chi connectivity index (χ1) is 8.24. The van der Waals surface area contributed by atoms with Gasteiger partial charge in [-0.2, -0.15) is 13.9 Å². The van der Waals surface area contributed by atoms with Crippen LogP contribution in [0.15, 0.2) is 0 Å². The Bertz CT molecular complexity index is 451. The summed E-state index contributed by atoms with van der Waals surface area (Å²) in [5, 5.41) is 3.70. The molecule has 0 bridgehead atoms. The van der Waals surface area contributed by atoms with Gasteiger partial charge < -0.3 is 0 Å². The molecule has 0 saturated heterocycles. The van der Waals surface area contributed by atoms with Gasteiger partial charge in [-0.3, -0.25) is 4.68 Å². The van der Waals surface area contributed by atoms with E-state index in [1.807, 2.05) is 13.8 Å². The van der Waals surface area contributed by atoms with Crippen LogP contribution in [0.3, 0.4) is 0 Å². The Morgan fingerprint density at radius 3 is 2.50 bits per heavy atom. The van der Waals surface area contributed by atoms with Crippen LogP contribution in [0.25, 0.3) is 0 Å². The number of halogens is 4. The van der Waals surface area contributed by atoms with E-state index in [4.69, 9.17) is 0 Å². The first-order valence-electron chi connectivity index (χ1n) is 6.01. The summed E-state index contributed by atoms with van der Waals surface area (Å²) >= 11 is 0. The van der Waals surface area contributed by atoms with Crippen LogP contribution in [-0.2, 0) is 12.5 Å². The van der Waals surface area contributed by atoms with E-state index in [-0.39, 0.29) is 23.7 Å². The zero-order chi connectivity index (χ0) is 13.7. The van der Waals surface area contributed by atoms with E-state index in [1.165, 1.54) is 0 Å². The van der Waals surface area contributed by atoms with E-state index in [2.05, 4.69) is 5.10 Å². The largest absolute Gasteiger partial charge is 0.290 e. The molecule has 0 aromatic carbocycles. The van der Waals surface area contributed by atoms with Gasteiger partial charge in [-0.15, -0.1) is 0 Å². The number of nitrogens with zero attached hydrogens (tertiary/aromatic N) is 2. The fourth-order valence-electron chi connectivity index (χ4n) is 2.59. The predicted molar refractivity (Wildman–Crippen MR) is 58.9 cm³/mol. The van der Waals surface area contributed by atoms with Crippen molar-refractivity contribution in [2.75, 3.05) is 0 Å². The molecule has 1 aromatic heterocycles. The van der Waals surface area contributed by atoms with Gasteiger partial charge in [0.1, 0.15) is 11.4 Å². The van der Waals surface area contributed by atoms with Crippen molar-refractivity contribution in [2.24, 2.45) is 5.92 Å². The molecule has 0 fully saturated rings. The van der Waals surface area contributed by atoms with Crippen molar-refractivity contribution in [2.45, 2.75) is 52.0 Å². The third kappa shape index (κ3) is 2.01. The van der Waals surface area contributed by atoms with Crippen LogP contribution >= 0.6 is 0 Å². The van der Waals surface area contributed by atoms with Gasteiger partial charge in [0.2, 0.25) is 0 Å². The van der Waals surface area contributed by atoms with E-state index in [9.17, 15) is 17.6 Å². The van der Waals surface area contributed by atoms with Crippen molar-refractivity contribution in [3.8, 4) is 0 Å². The summed E-state index contributed by atoms with van der Waals surface area (Å²) in [6.45, 7) is 5.46. The fourth-order valence-corrected chi connectivity index (χ4v) is 2.59. The summed E-state index contributed by atoms with van der Waals surface area (Å²) in [6, 6.07) is 0. The molecule has 0 unspecified atom stereocenters. The third-order valence-corrected chi connectivity index (χ3v) is 3.16. The molecule has 1 aliphatic carbocycles. The molecular weight excluding hydrogens is 248 g/mol. The minimum Gasteiger partial charge on any atom is -0.262 e. The number of fused-ring (bicyclic) bond motifs is 1. The molecule has 1 heterocycles. The third-order valence-electron chi connectivity index (χ3n) is 3.16. The number of hydrogen-bond donors (Lipinski definition) is 0. The number of rotatable bonds is 3. The minimum absolute atomic E-state index is 0.0515.